The van der Waals surface area contributed by atoms with Gasteiger partial charge in [-0.15, -0.1) is 0 Å². The van der Waals surface area contributed by atoms with E-state index < -0.39 is 0 Å². The van der Waals surface area contributed by atoms with Crippen molar-refractivity contribution in [2.75, 3.05) is 21.3 Å². The third-order valence-electron chi connectivity index (χ3n) is 3.64. The third-order valence-corrected chi connectivity index (χ3v) is 4.50. The number of methoxy groups -OCH3 is 2. The summed E-state index contributed by atoms with van der Waals surface area (Å²) >= 11 is 12.2. The van der Waals surface area contributed by atoms with Gasteiger partial charge in [0.2, 0.25) is 5.91 Å². The highest BCUT2D eigenvalue weighted by Crippen LogP contribution is 2.28. The van der Waals surface area contributed by atoms with Gasteiger partial charge in [0.1, 0.15) is 0 Å². The van der Waals surface area contributed by atoms with Crippen LogP contribution in [0.3, 0.4) is 0 Å². The van der Waals surface area contributed by atoms with Gasteiger partial charge < -0.3 is 14.4 Å². The molecule has 0 saturated heterocycles. The van der Waals surface area contributed by atoms with Gasteiger partial charge in [0.25, 0.3) is 0 Å². The number of nitrogens with zero attached hydrogens (tertiary/aromatic N) is 1. The lowest BCUT2D eigenvalue weighted by atomic mass is 10.1. The monoisotopic (exact) mass is 379 g/mol. The number of carbonyl (C=O) groups is 1. The van der Waals surface area contributed by atoms with Crippen LogP contribution in [0, 0.1) is 0 Å². The van der Waals surface area contributed by atoms with Gasteiger partial charge >= 0.3 is 0 Å². The number of benzene rings is 2. The molecule has 0 radical (unpaired) electrons. The van der Waals surface area contributed by atoms with E-state index in [1.54, 1.807) is 56.5 Å². The summed E-state index contributed by atoms with van der Waals surface area (Å²) in [6.07, 6.45) is 3.22. The molecule has 2 rings (SSSR count). The molecule has 0 aliphatic carbocycles. The van der Waals surface area contributed by atoms with E-state index >= 15 is 0 Å². The Kier molecular flexibility index (Phi) is 6.73. The van der Waals surface area contributed by atoms with E-state index in [0.29, 0.717) is 28.1 Å². The molecule has 0 aliphatic heterocycles. The minimum Gasteiger partial charge on any atom is -0.493 e. The van der Waals surface area contributed by atoms with Crippen molar-refractivity contribution < 1.29 is 14.3 Å². The molecular formula is C19H19Cl2NO3. The molecular weight excluding hydrogens is 361 g/mol. The van der Waals surface area contributed by atoms with E-state index in [0.717, 1.165) is 11.1 Å². The van der Waals surface area contributed by atoms with Crippen LogP contribution in [0.15, 0.2) is 42.5 Å². The number of amides is 1. The van der Waals surface area contributed by atoms with Crippen LogP contribution in [0.2, 0.25) is 10.0 Å². The van der Waals surface area contributed by atoms with Crippen molar-refractivity contribution >= 4 is 35.2 Å². The summed E-state index contributed by atoms with van der Waals surface area (Å²) < 4.78 is 10.4. The van der Waals surface area contributed by atoms with Gasteiger partial charge in [-0.05, 0) is 35.4 Å². The fraction of sp³-hybridized carbons (Fsp3) is 0.211. The highest BCUT2D eigenvalue weighted by atomic mass is 35.5. The van der Waals surface area contributed by atoms with Crippen molar-refractivity contribution in [2.45, 2.75) is 6.54 Å². The van der Waals surface area contributed by atoms with Crippen molar-refractivity contribution in [3.63, 3.8) is 0 Å². The quantitative estimate of drug-likeness (QED) is 0.683. The Morgan fingerprint density at radius 2 is 1.84 bits per heavy atom. The number of likely N-dealkylation sites (N-methyl/N-ethyl adjacent to an activating group) is 1. The second-order valence-electron chi connectivity index (χ2n) is 5.35. The zero-order valence-corrected chi connectivity index (χ0v) is 15.8. The molecule has 6 heteroatoms. The molecule has 0 aliphatic rings. The van der Waals surface area contributed by atoms with Gasteiger partial charge in [-0.3, -0.25) is 4.79 Å². The molecule has 0 unspecified atom stereocenters. The summed E-state index contributed by atoms with van der Waals surface area (Å²) in [4.78, 5) is 13.9. The summed E-state index contributed by atoms with van der Waals surface area (Å²) in [7, 11) is 4.85. The van der Waals surface area contributed by atoms with E-state index in [9.17, 15) is 4.79 Å². The molecule has 2 aromatic rings. The van der Waals surface area contributed by atoms with Crippen LogP contribution >= 0.6 is 23.2 Å². The number of hydrogen-bond acceptors (Lipinski definition) is 3. The third kappa shape index (κ3) is 4.91. The molecule has 0 spiro atoms. The minimum absolute atomic E-state index is 0.147. The van der Waals surface area contributed by atoms with Crippen molar-refractivity contribution in [3.05, 3.63) is 63.6 Å². The molecule has 4 nitrogen and oxygen atoms in total. The largest absolute Gasteiger partial charge is 0.493 e. The number of rotatable bonds is 6. The number of ether oxygens (including phenoxy) is 2. The Hall–Kier alpha value is -2.17. The maximum absolute atomic E-state index is 12.3. The Morgan fingerprint density at radius 1 is 1.12 bits per heavy atom. The lowest BCUT2D eigenvalue weighted by Crippen LogP contribution is -2.24. The predicted octanol–water partition coefficient (Wildman–Crippen LogP) is 4.68. The Bertz CT molecular complexity index is 790. The van der Waals surface area contributed by atoms with Gasteiger partial charge in [-0.1, -0.05) is 41.4 Å². The summed E-state index contributed by atoms with van der Waals surface area (Å²) in [6.45, 7) is 0.370. The zero-order chi connectivity index (χ0) is 18.4. The van der Waals surface area contributed by atoms with Crippen molar-refractivity contribution in [3.8, 4) is 11.5 Å². The lowest BCUT2D eigenvalue weighted by Gasteiger charge is -2.16. The van der Waals surface area contributed by atoms with E-state index in [-0.39, 0.29) is 5.91 Å². The van der Waals surface area contributed by atoms with Gasteiger partial charge in [0, 0.05) is 19.7 Å². The molecule has 1 amide bonds. The van der Waals surface area contributed by atoms with Crippen LogP contribution in [0.5, 0.6) is 11.5 Å². The Balaban J connectivity index is 2.08. The van der Waals surface area contributed by atoms with Crippen LogP contribution in [-0.2, 0) is 11.3 Å². The fourth-order valence-electron chi connectivity index (χ4n) is 2.26. The van der Waals surface area contributed by atoms with Gasteiger partial charge in [-0.25, -0.2) is 0 Å². The number of halogens is 2. The summed E-state index contributed by atoms with van der Waals surface area (Å²) in [5.41, 5.74) is 1.63. The normalized spacial score (nSPS) is 10.8. The standard InChI is InChI=1S/C19H19Cl2NO3/c1-22(12-14-5-4-6-15(20)19(14)21)18(23)10-8-13-7-9-16(24-2)17(11-13)25-3/h4-11H,12H2,1-3H3/b10-8+. The van der Waals surface area contributed by atoms with Crippen molar-refractivity contribution in [1.29, 1.82) is 0 Å². The fourth-order valence-corrected chi connectivity index (χ4v) is 2.64. The molecule has 25 heavy (non-hydrogen) atoms. The van der Waals surface area contributed by atoms with Crippen LogP contribution in [-0.4, -0.2) is 32.1 Å². The zero-order valence-electron chi connectivity index (χ0n) is 14.3. The lowest BCUT2D eigenvalue weighted by molar-refractivity contribution is -0.125. The maximum Gasteiger partial charge on any atom is 0.246 e. The summed E-state index contributed by atoms with van der Waals surface area (Å²) in [6, 6.07) is 10.8. The van der Waals surface area contributed by atoms with Crippen molar-refractivity contribution in [1.82, 2.24) is 4.90 Å². The van der Waals surface area contributed by atoms with Crippen LogP contribution in [0.1, 0.15) is 11.1 Å². The first-order valence-electron chi connectivity index (χ1n) is 7.54. The highest BCUT2D eigenvalue weighted by molar-refractivity contribution is 6.42. The second-order valence-corrected chi connectivity index (χ2v) is 6.14. The average Bonchev–Trinajstić information content (AvgIpc) is 2.63. The molecule has 0 atom stereocenters. The van der Waals surface area contributed by atoms with Gasteiger partial charge in [-0.2, -0.15) is 0 Å². The first-order chi connectivity index (χ1) is 12.0. The topological polar surface area (TPSA) is 38.8 Å². The van der Waals surface area contributed by atoms with Crippen LogP contribution < -0.4 is 9.47 Å². The van der Waals surface area contributed by atoms with Crippen molar-refractivity contribution in [2.24, 2.45) is 0 Å². The Labute approximate surface area is 157 Å². The SMILES string of the molecule is COc1ccc(/C=C/C(=O)N(C)Cc2cccc(Cl)c2Cl)cc1OC. The first-order valence-corrected chi connectivity index (χ1v) is 8.30. The molecule has 0 bridgehead atoms. The molecule has 0 aromatic heterocycles. The first kappa shape index (κ1) is 19.2. The smallest absolute Gasteiger partial charge is 0.246 e. The average molecular weight is 380 g/mol. The van der Waals surface area contributed by atoms with E-state index in [1.807, 2.05) is 12.1 Å². The summed E-state index contributed by atoms with van der Waals surface area (Å²) in [5, 5.41) is 0.938. The van der Waals surface area contributed by atoms with Crippen LogP contribution in [0.25, 0.3) is 6.08 Å². The number of carbonyl (C=O) groups excluding carboxylic acids is 1. The molecule has 0 fully saturated rings. The van der Waals surface area contributed by atoms with Crippen LogP contribution in [0.4, 0.5) is 0 Å². The minimum atomic E-state index is -0.147. The maximum atomic E-state index is 12.3. The van der Waals surface area contributed by atoms with E-state index in [4.69, 9.17) is 32.7 Å². The number of hydrogen-bond donors (Lipinski definition) is 0. The van der Waals surface area contributed by atoms with E-state index in [2.05, 4.69) is 0 Å². The van der Waals surface area contributed by atoms with Gasteiger partial charge in [0.15, 0.2) is 11.5 Å². The second kappa shape index (κ2) is 8.79. The predicted molar refractivity (Wildman–Crippen MR) is 102 cm³/mol. The molecule has 0 N–H and O–H groups in total. The van der Waals surface area contributed by atoms with Gasteiger partial charge in [0.05, 0.1) is 24.3 Å². The highest BCUT2D eigenvalue weighted by Gasteiger charge is 2.10. The summed E-state index contributed by atoms with van der Waals surface area (Å²) in [5.74, 6) is 1.10. The molecule has 0 heterocycles. The van der Waals surface area contributed by atoms with E-state index in [1.165, 1.54) is 6.08 Å². The Morgan fingerprint density at radius 3 is 2.52 bits per heavy atom. The molecule has 0 saturated carbocycles. The molecule has 2 aromatic carbocycles. The molecule has 132 valence electrons.